The Labute approximate surface area is 116 Å². The van der Waals surface area contributed by atoms with E-state index in [9.17, 15) is 0 Å². The Balaban J connectivity index is 2.17. The van der Waals surface area contributed by atoms with Gasteiger partial charge in [0.05, 0.1) is 15.2 Å². The van der Waals surface area contributed by atoms with E-state index < -0.39 is 0 Å². The molecule has 84 valence electrons. The normalized spacial score (nSPS) is 10.9. The van der Waals surface area contributed by atoms with Gasteiger partial charge in [-0.05, 0) is 40.2 Å². The van der Waals surface area contributed by atoms with Crippen LogP contribution < -0.4 is 0 Å². The van der Waals surface area contributed by atoms with Gasteiger partial charge in [0, 0.05) is 10.0 Å². The predicted molar refractivity (Wildman–Crippen MR) is 77.8 cm³/mol. The number of hydrogen-bond donors (Lipinski definition) is 0. The van der Waals surface area contributed by atoms with E-state index in [1.54, 1.807) is 11.3 Å². The summed E-state index contributed by atoms with van der Waals surface area (Å²) in [6, 6.07) is 14.0. The third kappa shape index (κ3) is 2.10. The van der Waals surface area contributed by atoms with Crippen LogP contribution in [0, 0.1) is 0 Å². The van der Waals surface area contributed by atoms with E-state index in [0.29, 0.717) is 5.02 Å². The maximum atomic E-state index is 6.09. The molecule has 3 aromatic rings. The van der Waals surface area contributed by atoms with Gasteiger partial charge in [0.2, 0.25) is 0 Å². The minimum atomic E-state index is 0.710. The number of hydrogen-bond acceptors (Lipinski definition) is 2. The summed E-state index contributed by atoms with van der Waals surface area (Å²) < 4.78 is 2.10. The number of halogens is 2. The number of aromatic nitrogens is 1. The highest BCUT2D eigenvalue weighted by Crippen LogP contribution is 2.33. The van der Waals surface area contributed by atoms with E-state index in [-0.39, 0.29) is 0 Å². The standard InChI is InChI=1S/C13H7BrClNS/c14-9-6-5-8(7-10(9)15)13-16-11-3-1-2-4-12(11)17-13/h1-7H. The lowest BCUT2D eigenvalue weighted by Gasteiger charge is -1.98. The van der Waals surface area contributed by atoms with Crippen LogP contribution in [0.2, 0.25) is 5.02 Å². The molecule has 17 heavy (non-hydrogen) atoms. The lowest BCUT2D eigenvalue weighted by Crippen LogP contribution is -1.76. The fraction of sp³-hybridized carbons (Fsp3) is 0. The van der Waals surface area contributed by atoms with E-state index in [1.165, 1.54) is 4.70 Å². The van der Waals surface area contributed by atoms with Gasteiger partial charge in [0.15, 0.2) is 0 Å². The second kappa shape index (κ2) is 4.41. The Kier molecular flexibility index (Phi) is 2.90. The molecule has 4 heteroatoms. The zero-order valence-electron chi connectivity index (χ0n) is 8.65. The van der Waals surface area contributed by atoms with Crippen molar-refractivity contribution in [2.45, 2.75) is 0 Å². The van der Waals surface area contributed by atoms with Crippen molar-refractivity contribution in [2.75, 3.05) is 0 Å². The first kappa shape index (κ1) is 11.2. The van der Waals surface area contributed by atoms with Crippen molar-refractivity contribution >= 4 is 49.1 Å². The van der Waals surface area contributed by atoms with Crippen LogP contribution in [0.1, 0.15) is 0 Å². The second-order valence-electron chi connectivity index (χ2n) is 3.62. The summed E-state index contributed by atoms with van der Waals surface area (Å²) in [5, 5.41) is 1.71. The molecular weight excluding hydrogens is 318 g/mol. The predicted octanol–water partition coefficient (Wildman–Crippen LogP) is 5.38. The largest absolute Gasteiger partial charge is 0.236 e. The number of rotatable bonds is 1. The monoisotopic (exact) mass is 323 g/mol. The maximum Gasteiger partial charge on any atom is 0.124 e. The Morgan fingerprint density at radius 1 is 1.12 bits per heavy atom. The number of para-hydroxylation sites is 1. The summed E-state index contributed by atoms with van der Waals surface area (Å²) in [5.74, 6) is 0. The molecule has 1 heterocycles. The van der Waals surface area contributed by atoms with Gasteiger partial charge in [-0.3, -0.25) is 0 Å². The van der Waals surface area contributed by atoms with Crippen LogP contribution in [0.4, 0.5) is 0 Å². The molecular formula is C13H7BrClNS. The molecule has 0 saturated heterocycles. The van der Waals surface area contributed by atoms with Crippen molar-refractivity contribution in [1.82, 2.24) is 4.98 Å². The van der Waals surface area contributed by atoms with Crippen molar-refractivity contribution in [3.05, 3.63) is 52.0 Å². The zero-order valence-corrected chi connectivity index (χ0v) is 11.8. The highest BCUT2D eigenvalue weighted by Gasteiger charge is 2.07. The molecule has 2 aromatic carbocycles. The molecule has 0 N–H and O–H groups in total. The minimum Gasteiger partial charge on any atom is -0.236 e. The van der Waals surface area contributed by atoms with Crippen molar-refractivity contribution in [3.63, 3.8) is 0 Å². The van der Waals surface area contributed by atoms with Crippen LogP contribution in [0.25, 0.3) is 20.8 Å². The molecule has 0 amide bonds. The number of thiazole rings is 1. The maximum absolute atomic E-state index is 6.09. The topological polar surface area (TPSA) is 12.9 Å². The Bertz CT molecular complexity index is 660. The first-order valence-corrected chi connectivity index (χ1v) is 7.04. The summed E-state index contributed by atoms with van der Waals surface area (Å²) in [5.41, 5.74) is 2.09. The van der Waals surface area contributed by atoms with Gasteiger partial charge in [0.25, 0.3) is 0 Å². The number of fused-ring (bicyclic) bond motifs is 1. The SMILES string of the molecule is Clc1cc(-c2nc3ccccc3s2)ccc1Br. The molecule has 0 unspecified atom stereocenters. The van der Waals surface area contributed by atoms with E-state index >= 15 is 0 Å². The van der Waals surface area contributed by atoms with Gasteiger partial charge in [0.1, 0.15) is 5.01 Å². The molecule has 0 aliphatic heterocycles. The van der Waals surface area contributed by atoms with Gasteiger partial charge < -0.3 is 0 Å². The van der Waals surface area contributed by atoms with Crippen LogP contribution >= 0.6 is 38.9 Å². The Hall–Kier alpha value is -0.900. The first-order chi connectivity index (χ1) is 8.24. The van der Waals surface area contributed by atoms with Gasteiger partial charge >= 0.3 is 0 Å². The smallest absolute Gasteiger partial charge is 0.124 e. The molecule has 0 fully saturated rings. The van der Waals surface area contributed by atoms with Crippen molar-refractivity contribution < 1.29 is 0 Å². The van der Waals surface area contributed by atoms with Crippen LogP contribution in [0.5, 0.6) is 0 Å². The minimum absolute atomic E-state index is 0.710. The molecule has 0 spiro atoms. The molecule has 1 aromatic heterocycles. The summed E-state index contributed by atoms with van der Waals surface area (Å²) in [6.45, 7) is 0. The van der Waals surface area contributed by atoms with Crippen molar-refractivity contribution in [3.8, 4) is 10.6 Å². The third-order valence-electron chi connectivity index (χ3n) is 2.46. The molecule has 0 saturated carbocycles. The fourth-order valence-corrected chi connectivity index (χ4v) is 3.01. The molecule has 0 aliphatic carbocycles. The fourth-order valence-electron chi connectivity index (χ4n) is 1.62. The Morgan fingerprint density at radius 3 is 2.71 bits per heavy atom. The van der Waals surface area contributed by atoms with Gasteiger partial charge in [-0.25, -0.2) is 4.98 Å². The van der Waals surface area contributed by atoms with Crippen molar-refractivity contribution in [2.24, 2.45) is 0 Å². The lowest BCUT2D eigenvalue weighted by atomic mass is 10.2. The van der Waals surface area contributed by atoms with Crippen molar-refractivity contribution in [1.29, 1.82) is 0 Å². The van der Waals surface area contributed by atoms with E-state index in [1.807, 2.05) is 36.4 Å². The summed E-state index contributed by atoms with van der Waals surface area (Å²) >= 11 is 11.2. The third-order valence-corrected chi connectivity index (χ3v) is 4.78. The summed E-state index contributed by atoms with van der Waals surface area (Å²) in [6.07, 6.45) is 0. The molecule has 3 rings (SSSR count). The van der Waals surface area contributed by atoms with Crippen LogP contribution in [0.15, 0.2) is 46.9 Å². The van der Waals surface area contributed by atoms with E-state index in [4.69, 9.17) is 11.6 Å². The summed E-state index contributed by atoms with van der Waals surface area (Å²) in [7, 11) is 0. The second-order valence-corrected chi connectivity index (χ2v) is 5.91. The molecule has 0 bridgehead atoms. The van der Waals surface area contributed by atoms with Gasteiger partial charge in [-0.2, -0.15) is 0 Å². The Morgan fingerprint density at radius 2 is 1.94 bits per heavy atom. The zero-order chi connectivity index (χ0) is 11.8. The number of nitrogens with zero attached hydrogens (tertiary/aromatic N) is 1. The summed E-state index contributed by atoms with van der Waals surface area (Å²) in [4.78, 5) is 4.60. The molecule has 0 radical (unpaired) electrons. The number of benzene rings is 2. The van der Waals surface area contributed by atoms with Gasteiger partial charge in [-0.15, -0.1) is 11.3 Å². The highest BCUT2D eigenvalue weighted by molar-refractivity contribution is 9.10. The van der Waals surface area contributed by atoms with Crippen LogP contribution in [-0.4, -0.2) is 4.98 Å². The van der Waals surface area contributed by atoms with E-state index in [2.05, 4.69) is 27.0 Å². The quantitative estimate of drug-likeness (QED) is 0.585. The molecule has 1 nitrogen and oxygen atoms in total. The lowest BCUT2D eigenvalue weighted by molar-refractivity contribution is 1.47. The average molecular weight is 325 g/mol. The van der Waals surface area contributed by atoms with Crippen LogP contribution in [0.3, 0.4) is 0 Å². The highest BCUT2D eigenvalue weighted by atomic mass is 79.9. The average Bonchev–Trinajstić information content (AvgIpc) is 2.76. The molecule has 0 aliphatic rings. The molecule has 0 atom stereocenters. The van der Waals surface area contributed by atoms with E-state index in [0.717, 1.165) is 20.6 Å². The first-order valence-electron chi connectivity index (χ1n) is 5.05. The van der Waals surface area contributed by atoms with Crippen LogP contribution in [-0.2, 0) is 0 Å². The van der Waals surface area contributed by atoms with Gasteiger partial charge in [-0.1, -0.05) is 29.8 Å².